The van der Waals surface area contributed by atoms with Crippen molar-refractivity contribution in [1.29, 1.82) is 0 Å². The fourth-order valence-electron chi connectivity index (χ4n) is 2.56. The smallest absolute Gasteiger partial charge is 0.240 e. The maximum Gasteiger partial charge on any atom is 0.240 e. The molecule has 0 aromatic rings. The zero-order valence-corrected chi connectivity index (χ0v) is 9.44. The van der Waals surface area contributed by atoms with Crippen LogP contribution in [0.3, 0.4) is 0 Å². The average Bonchev–Trinajstić information content (AvgIpc) is 2.87. The molecule has 2 fully saturated rings. The van der Waals surface area contributed by atoms with Crippen LogP contribution in [0.4, 0.5) is 0 Å². The normalized spacial score (nSPS) is 35.7. The van der Waals surface area contributed by atoms with E-state index >= 15 is 0 Å². The molecule has 2 unspecified atom stereocenters. The summed E-state index contributed by atoms with van der Waals surface area (Å²) < 4.78 is 0. The Morgan fingerprint density at radius 1 is 1.53 bits per heavy atom. The van der Waals surface area contributed by atoms with E-state index in [0.29, 0.717) is 6.04 Å². The van der Waals surface area contributed by atoms with Gasteiger partial charge < -0.3 is 16.0 Å². The van der Waals surface area contributed by atoms with Gasteiger partial charge in [-0.05, 0) is 38.8 Å². The molecule has 0 aromatic carbocycles. The predicted molar refractivity (Wildman–Crippen MR) is 59.7 cm³/mol. The minimum atomic E-state index is -0.275. The minimum absolute atomic E-state index is 0.205. The highest BCUT2D eigenvalue weighted by Crippen LogP contribution is 2.23. The highest BCUT2D eigenvalue weighted by Gasteiger charge is 2.39. The highest BCUT2D eigenvalue weighted by molar-refractivity contribution is 5.86. The molecule has 0 aliphatic carbocycles. The molecular weight excluding hydrogens is 190 g/mol. The lowest BCUT2D eigenvalue weighted by Crippen LogP contribution is -2.55. The van der Waals surface area contributed by atoms with Gasteiger partial charge in [0.15, 0.2) is 0 Å². The Balaban J connectivity index is 1.92. The molecular formula is C11H21N3O. The summed E-state index contributed by atoms with van der Waals surface area (Å²) >= 11 is 0. The van der Waals surface area contributed by atoms with E-state index in [1.54, 1.807) is 0 Å². The van der Waals surface area contributed by atoms with Gasteiger partial charge in [-0.2, -0.15) is 0 Å². The van der Waals surface area contributed by atoms with Gasteiger partial charge >= 0.3 is 0 Å². The third-order valence-corrected chi connectivity index (χ3v) is 3.68. The number of carbonyl (C=O) groups excluding carboxylic acids is 1. The maximum atomic E-state index is 12.2. The first-order valence-corrected chi connectivity index (χ1v) is 6.03. The second-order valence-electron chi connectivity index (χ2n) is 4.63. The fraction of sp³-hybridized carbons (Fsp3) is 0.909. The molecule has 4 nitrogen and oxygen atoms in total. The van der Waals surface area contributed by atoms with Crippen LogP contribution >= 0.6 is 0 Å². The molecule has 86 valence electrons. The molecule has 0 radical (unpaired) electrons. The largest absolute Gasteiger partial charge is 0.350 e. The molecule has 2 atom stereocenters. The lowest BCUT2D eigenvalue weighted by Gasteiger charge is -2.28. The summed E-state index contributed by atoms with van der Waals surface area (Å²) in [5, 5.41) is 9.77. The molecule has 3 N–H and O–H groups in total. The number of nitrogens with one attached hydrogen (secondary N) is 3. The van der Waals surface area contributed by atoms with Crippen molar-refractivity contribution in [3.05, 3.63) is 0 Å². The molecule has 0 aromatic heterocycles. The maximum absolute atomic E-state index is 12.2. The zero-order chi connectivity index (χ0) is 10.7. The monoisotopic (exact) mass is 211 g/mol. The van der Waals surface area contributed by atoms with Crippen LogP contribution in [0.2, 0.25) is 0 Å². The molecule has 2 aliphatic rings. The lowest BCUT2D eigenvalue weighted by atomic mass is 9.93. The van der Waals surface area contributed by atoms with Gasteiger partial charge in [-0.1, -0.05) is 6.92 Å². The number of amides is 1. The third-order valence-electron chi connectivity index (χ3n) is 3.68. The van der Waals surface area contributed by atoms with Crippen LogP contribution in [-0.4, -0.2) is 37.1 Å². The highest BCUT2D eigenvalue weighted by atomic mass is 16.2. The molecule has 0 bridgehead atoms. The van der Waals surface area contributed by atoms with E-state index in [0.717, 1.165) is 45.3 Å². The number of carbonyl (C=O) groups is 1. The summed E-state index contributed by atoms with van der Waals surface area (Å²) in [7, 11) is 0. The van der Waals surface area contributed by atoms with Gasteiger partial charge in [0.1, 0.15) is 0 Å². The van der Waals surface area contributed by atoms with Crippen molar-refractivity contribution in [3.63, 3.8) is 0 Å². The second kappa shape index (κ2) is 4.49. The van der Waals surface area contributed by atoms with Gasteiger partial charge in [0.25, 0.3) is 0 Å². The van der Waals surface area contributed by atoms with E-state index < -0.39 is 0 Å². The zero-order valence-electron chi connectivity index (χ0n) is 9.44. The Morgan fingerprint density at radius 2 is 2.40 bits per heavy atom. The molecule has 0 spiro atoms. The van der Waals surface area contributed by atoms with Gasteiger partial charge in [0, 0.05) is 12.6 Å². The molecule has 4 heteroatoms. The fourth-order valence-corrected chi connectivity index (χ4v) is 2.56. The summed E-state index contributed by atoms with van der Waals surface area (Å²) in [6.45, 7) is 5.01. The van der Waals surface area contributed by atoms with Crippen molar-refractivity contribution in [2.24, 2.45) is 0 Å². The Kier molecular flexibility index (Phi) is 3.26. The standard InChI is InChI=1S/C11H21N3O/c1-2-11(5-3-6-13-11)10(15)14-9-4-7-12-8-9/h9,12-13H,2-8H2,1H3,(H,14,15). The van der Waals surface area contributed by atoms with Gasteiger partial charge in [-0.25, -0.2) is 0 Å². The van der Waals surface area contributed by atoms with E-state index in [-0.39, 0.29) is 11.4 Å². The van der Waals surface area contributed by atoms with Crippen LogP contribution in [0.1, 0.15) is 32.6 Å². The van der Waals surface area contributed by atoms with Crippen molar-refractivity contribution in [3.8, 4) is 0 Å². The summed E-state index contributed by atoms with van der Waals surface area (Å²) in [6, 6.07) is 0.336. The van der Waals surface area contributed by atoms with Gasteiger partial charge in [0.05, 0.1) is 5.54 Å². The van der Waals surface area contributed by atoms with E-state index in [1.807, 2.05) is 0 Å². The average molecular weight is 211 g/mol. The van der Waals surface area contributed by atoms with Crippen molar-refractivity contribution >= 4 is 5.91 Å². The SMILES string of the molecule is CCC1(C(=O)NC2CCNC2)CCCN1. The van der Waals surface area contributed by atoms with Crippen LogP contribution < -0.4 is 16.0 Å². The first-order valence-electron chi connectivity index (χ1n) is 6.03. The van der Waals surface area contributed by atoms with E-state index in [2.05, 4.69) is 22.9 Å². The van der Waals surface area contributed by atoms with Crippen molar-refractivity contribution in [1.82, 2.24) is 16.0 Å². The summed E-state index contributed by atoms with van der Waals surface area (Å²) in [6.07, 6.45) is 4.05. The second-order valence-corrected chi connectivity index (χ2v) is 4.63. The van der Waals surface area contributed by atoms with Crippen LogP contribution in [0.15, 0.2) is 0 Å². The molecule has 0 saturated carbocycles. The van der Waals surface area contributed by atoms with Crippen LogP contribution in [-0.2, 0) is 4.79 Å². The molecule has 2 heterocycles. The first kappa shape index (κ1) is 10.9. The molecule has 2 aliphatic heterocycles. The topological polar surface area (TPSA) is 53.2 Å². The molecule has 15 heavy (non-hydrogen) atoms. The molecule has 2 rings (SSSR count). The minimum Gasteiger partial charge on any atom is -0.350 e. The number of hydrogen-bond donors (Lipinski definition) is 3. The Morgan fingerprint density at radius 3 is 2.93 bits per heavy atom. The van der Waals surface area contributed by atoms with E-state index in [9.17, 15) is 4.79 Å². The molecule has 2 saturated heterocycles. The lowest BCUT2D eigenvalue weighted by molar-refractivity contribution is -0.127. The van der Waals surface area contributed by atoms with Crippen LogP contribution in [0.5, 0.6) is 0 Å². The summed E-state index contributed by atoms with van der Waals surface area (Å²) in [4.78, 5) is 12.2. The van der Waals surface area contributed by atoms with Gasteiger partial charge in [0.2, 0.25) is 5.91 Å². The predicted octanol–water partition coefficient (Wildman–Crippen LogP) is -0.00330. The third kappa shape index (κ3) is 2.16. The van der Waals surface area contributed by atoms with Gasteiger partial charge in [-0.15, -0.1) is 0 Å². The van der Waals surface area contributed by atoms with Crippen LogP contribution in [0.25, 0.3) is 0 Å². The Labute approximate surface area is 91.2 Å². The van der Waals surface area contributed by atoms with E-state index in [4.69, 9.17) is 0 Å². The Bertz CT molecular complexity index is 230. The van der Waals surface area contributed by atoms with E-state index in [1.165, 1.54) is 0 Å². The number of rotatable bonds is 3. The summed E-state index contributed by atoms with van der Waals surface area (Å²) in [5.74, 6) is 0.205. The van der Waals surface area contributed by atoms with Crippen molar-refractivity contribution < 1.29 is 4.79 Å². The summed E-state index contributed by atoms with van der Waals surface area (Å²) in [5.41, 5.74) is -0.275. The number of hydrogen-bond acceptors (Lipinski definition) is 3. The first-order chi connectivity index (χ1) is 7.27. The Hall–Kier alpha value is -0.610. The van der Waals surface area contributed by atoms with Crippen molar-refractivity contribution in [2.75, 3.05) is 19.6 Å². The van der Waals surface area contributed by atoms with Crippen molar-refractivity contribution in [2.45, 2.75) is 44.2 Å². The molecule has 1 amide bonds. The van der Waals surface area contributed by atoms with Gasteiger partial charge in [-0.3, -0.25) is 4.79 Å². The quantitative estimate of drug-likeness (QED) is 0.616. The van der Waals surface area contributed by atoms with Crippen LogP contribution in [0, 0.1) is 0 Å².